The second-order valence-electron chi connectivity index (χ2n) is 2.59. The molecule has 0 aromatic carbocycles. The standard InChI is InChI=1S/C7H9I2N3O2/c1-2-12(7(13)14)3-4-10-5(8)6(9)11-4/h2-3H2,1H3,(H,10,11)(H,13,14). The molecule has 14 heavy (non-hydrogen) atoms. The summed E-state index contributed by atoms with van der Waals surface area (Å²) in [5.74, 6) is 0.683. The number of aromatic nitrogens is 2. The minimum absolute atomic E-state index is 0.310. The number of carboxylic acid groups (broad SMARTS) is 1. The zero-order valence-electron chi connectivity index (χ0n) is 7.42. The molecule has 0 radical (unpaired) electrons. The first-order valence-electron chi connectivity index (χ1n) is 3.92. The average Bonchev–Trinajstić information content (AvgIpc) is 2.41. The van der Waals surface area contributed by atoms with E-state index in [2.05, 4.69) is 55.1 Å². The number of aromatic amines is 1. The van der Waals surface area contributed by atoms with Crippen LogP contribution in [-0.4, -0.2) is 32.6 Å². The van der Waals surface area contributed by atoms with Crippen LogP contribution in [0, 0.1) is 7.40 Å². The summed E-state index contributed by atoms with van der Waals surface area (Å²) in [5, 5.41) is 8.79. The van der Waals surface area contributed by atoms with E-state index in [1.54, 1.807) is 6.92 Å². The Morgan fingerprint density at radius 1 is 1.64 bits per heavy atom. The van der Waals surface area contributed by atoms with Crippen LogP contribution in [0.25, 0.3) is 0 Å². The third-order valence-electron chi connectivity index (χ3n) is 1.66. The number of hydrogen-bond donors (Lipinski definition) is 2. The van der Waals surface area contributed by atoms with Crippen LogP contribution in [0.1, 0.15) is 12.7 Å². The maximum atomic E-state index is 10.7. The van der Waals surface area contributed by atoms with Crippen molar-refractivity contribution in [2.45, 2.75) is 13.5 Å². The number of nitrogens with one attached hydrogen (secondary N) is 1. The van der Waals surface area contributed by atoms with Gasteiger partial charge in [0.1, 0.15) is 13.2 Å². The molecule has 7 heteroatoms. The molecule has 1 aromatic heterocycles. The number of amides is 1. The predicted octanol–water partition coefficient (Wildman–Crippen LogP) is 2.12. The Morgan fingerprint density at radius 3 is 2.64 bits per heavy atom. The van der Waals surface area contributed by atoms with Crippen molar-refractivity contribution < 1.29 is 9.90 Å². The molecule has 1 rings (SSSR count). The minimum Gasteiger partial charge on any atom is -0.465 e. The molecule has 0 unspecified atom stereocenters. The second kappa shape index (κ2) is 5.14. The number of rotatable bonds is 3. The molecule has 2 N–H and O–H groups in total. The number of carbonyl (C=O) groups is 1. The van der Waals surface area contributed by atoms with Crippen molar-refractivity contribution in [3.05, 3.63) is 13.2 Å². The molecule has 5 nitrogen and oxygen atoms in total. The summed E-state index contributed by atoms with van der Waals surface area (Å²) in [7, 11) is 0. The second-order valence-corrected chi connectivity index (χ2v) is 4.69. The molecule has 0 atom stereocenters. The summed E-state index contributed by atoms with van der Waals surface area (Å²) in [6, 6.07) is 0. The third kappa shape index (κ3) is 2.97. The highest BCUT2D eigenvalue weighted by molar-refractivity contribution is 14.1. The summed E-state index contributed by atoms with van der Waals surface area (Å²) in [4.78, 5) is 19.2. The van der Waals surface area contributed by atoms with Crippen molar-refractivity contribution in [3.63, 3.8) is 0 Å². The zero-order chi connectivity index (χ0) is 10.7. The summed E-state index contributed by atoms with van der Waals surface area (Å²) in [6.07, 6.45) is -0.922. The fourth-order valence-electron chi connectivity index (χ4n) is 0.944. The predicted molar refractivity (Wildman–Crippen MR) is 68.1 cm³/mol. The van der Waals surface area contributed by atoms with E-state index in [0.717, 1.165) is 7.40 Å². The average molecular weight is 421 g/mol. The highest BCUT2D eigenvalue weighted by Gasteiger charge is 2.13. The lowest BCUT2D eigenvalue weighted by molar-refractivity contribution is 0.144. The van der Waals surface area contributed by atoms with E-state index >= 15 is 0 Å². The van der Waals surface area contributed by atoms with Gasteiger partial charge < -0.3 is 15.0 Å². The van der Waals surface area contributed by atoms with E-state index in [1.165, 1.54) is 4.90 Å². The van der Waals surface area contributed by atoms with Crippen LogP contribution in [0.5, 0.6) is 0 Å². The Hall–Kier alpha value is -0.0600. The van der Waals surface area contributed by atoms with Crippen molar-refractivity contribution in [3.8, 4) is 0 Å². The van der Waals surface area contributed by atoms with Crippen LogP contribution in [-0.2, 0) is 6.54 Å². The molecule has 78 valence electrons. The third-order valence-corrected chi connectivity index (χ3v) is 4.25. The first-order chi connectivity index (χ1) is 6.54. The van der Waals surface area contributed by atoms with Crippen molar-refractivity contribution in [2.24, 2.45) is 0 Å². The van der Waals surface area contributed by atoms with E-state index in [4.69, 9.17) is 5.11 Å². The summed E-state index contributed by atoms with van der Waals surface area (Å²) < 4.78 is 1.82. The maximum absolute atomic E-state index is 10.7. The molecule has 0 aliphatic rings. The Balaban J connectivity index is 2.72. The fraction of sp³-hybridized carbons (Fsp3) is 0.429. The number of halogens is 2. The normalized spacial score (nSPS) is 10.2. The van der Waals surface area contributed by atoms with Crippen molar-refractivity contribution in [1.82, 2.24) is 14.9 Å². The lowest BCUT2D eigenvalue weighted by Crippen LogP contribution is -2.28. The van der Waals surface area contributed by atoms with E-state index in [1.807, 2.05) is 0 Å². The van der Waals surface area contributed by atoms with Crippen molar-refractivity contribution >= 4 is 51.3 Å². The van der Waals surface area contributed by atoms with Crippen LogP contribution in [0.15, 0.2) is 0 Å². The molecule has 0 fully saturated rings. The van der Waals surface area contributed by atoms with Gasteiger partial charge in [-0.05, 0) is 52.1 Å². The van der Waals surface area contributed by atoms with Gasteiger partial charge in [0.2, 0.25) is 0 Å². The Labute approximate surface area is 109 Å². The van der Waals surface area contributed by atoms with Gasteiger partial charge in [-0.15, -0.1) is 0 Å². The molecule has 0 saturated heterocycles. The lowest BCUT2D eigenvalue weighted by atomic mass is 10.5. The van der Waals surface area contributed by atoms with Crippen molar-refractivity contribution in [1.29, 1.82) is 0 Å². The summed E-state index contributed by atoms with van der Waals surface area (Å²) in [5.41, 5.74) is 0. The highest BCUT2D eigenvalue weighted by Crippen LogP contribution is 2.12. The smallest absolute Gasteiger partial charge is 0.407 e. The van der Waals surface area contributed by atoms with Crippen LogP contribution in [0.3, 0.4) is 0 Å². The molecular formula is C7H9I2N3O2. The molecular weight excluding hydrogens is 412 g/mol. The van der Waals surface area contributed by atoms with E-state index in [-0.39, 0.29) is 0 Å². The van der Waals surface area contributed by atoms with Gasteiger partial charge >= 0.3 is 6.09 Å². The van der Waals surface area contributed by atoms with Gasteiger partial charge in [-0.2, -0.15) is 0 Å². The Kier molecular flexibility index (Phi) is 4.41. The Bertz CT molecular complexity index is 320. The summed E-state index contributed by atoms with van der Waals surface area (Å²) >= 11 is 4.24. The lowest BCUT2D eigenvalue weighted by Gasteiger charge is -2.14. The van der Waals surface area contributed by atoms with Gasteiger partial charge in [0.05, 0.1) is 6.54 Å². The maximum Gasteiger partial charge on any atom is 0.407 e. The van der Waals surface area contributed by atoms with Gasteiger partial charge in [0, 0.05) is 6.54 Å². The van der Waals surface area contributed by atoms with Crippen LogP contribution in [0.2, 0.25) is 0 Å². The summed E-state index contributed by atoms with van der Waals surface area (Å²) in [6.45, 7) is 2.57. The quantitative estimate of drug-likeness (QED) is 0.736. The minimum atomic E-state index is -0.922. The molecule has 1 aromatic rings. The topological polar surface area (TPSA) is 69.2 Å². The van der Waals surface area contributed by atoms with Gasteiger partial charge in [0.25, 0.3) is 0 Å². The Morgan fingerprint density at radius 2 is 2.29 bits per heavy atom. The first-order valence-corrected chi connectivity index (χ1v) is 6.08. The SMILES string of the molecule is CCN(Cc1nc(I)c(I)[nH]1)C(=O)O. The number of H-pyrrole nitrogens is 1. The zero-order valence-corrected chi connectivity index (χ0v) is 11.7. The molecule has 0 aliphatic heterocycles. The highest BCUT2D eigenvalue weighted by atomic mass is 127. The molecule has 1 amide bonds. The molecule has 0 saturated carbocycles. The monoisotopic (exact) mass is 421 g/mol. The van der Waals surface area contributed by atoms with E-state index in [0.29, 0.717) is 18.9 Å². The van der Waals surface area contributed by atoms with Gasteiger partial charge in [-0.1, -0.05) is 0 Å². The van der Waals surface area contributed by atoms with Crippen molar-refractivity contribution in [2.75, 3.05) is 6.54 Å². The number of nitrogens with zero attached hydrogens (tertiary/aromatic N) is 2. The van der Waals surface area contributed by atoms with Gasteiger partial charge in [-0.3, -0.25) is 0 Å². The van der Waals surface area contributed by atoms with E-state index in [9.17, 15) is 4.79 Å². The molecule has 0 aliphatic carbocycles. The van der Waals surface area contributed by atoms with E-state index < -0.39 is 6.09 Å². The number of imidazole rings is 1. The van der Waals surface area contributed by atoms with Crippen LogP contribution < -0.4 is 0 Å². The first kappa shape index (κ1) is 12.0. The van der Waals surface area contributed by atoms with Gasteiger partial charge in [-0.25, -0.2) is 9.78 Å². The van der Waals surface area contributed by atoms with Crippen LogP contribution >= 0.6 is 45.2 Å². The van der Waals surface area contributed by atoms with Gasteiger partial charge in [0.15, 0.2) is 0 Å². The molecule has 1 heterocycles. The molecule has 0 bridgehead atoms. The fourth-order valence-corrected chi connectivity index (χ4v) is 1.80. The molecule has 0 spiro atoms. The number of hydrogen-bond acceptors (Lipinski definition) is 2. The largest absolute Gasteiger partial charge is 0.465 e. The van der Waals surface area contributed by atoms with Crippen LogP contribution in [0.4, 0.5) is 4.79 Å².